The highest BCUT2D eigenvalue weighted by Crippen LogP contribution is 2.36. The molecule has 3 nitrogen and oxygen atoms in total. The van der Waals surface area contributed by atoms with Crippen LogP contribution < -0.4 is 10.4 Å². The number of carbonyl (C=O) groups is 1. The summed E-state index contributed by atoms with van der Waals surface area (Å²) in [5, 5.41) is 2.20. The number of hydrogen-bond acceptors (Lipinski definition) is 3. The van der Waals surface area contributed by atoms with Crippen LogP contribution in [0.2, 0.25) is 5.04 Å². The third-order valence-corrected chi connectivity index (χ3v) is 9.69. The molecule has 2 aromatic rings. The van der Waals surface area contributed by atoms with Crippen LogP contribution in [0.1, 0.15) is 34.1 Å². The van der Waals surface area contributed by atoms with Crippen LogP contribution in [0.5, 0.6) is 0 Å². The Morgan fingerprint density at radius 2 is 1.50 bits per heavy atom. The van der Waals surface area contributed by atoms with Crippen LogP contribution >= 0.6 is 0 Å². The number of halogens is 1. The number of carbonyl (C=O) groups excluding carboxylic acids is 1. The molecule has 0 spiro atoms. The third-order valence-electron chi connectivity index (χ3n) is 4.65. The number of hydrogen-bond donors (Lipinski definition) is 0. The lowest BCUT2D eigenvalue weighted by molar-refractivity contribution is -0.140. The second-order valence-electron chi connectivity index (χ2n) is 7.57. The summed E-state index contributed by atoms with van der Waals surface area (Å²) in [5.41, 5.74) is 0. The first kappa shape index (κ1) is 22.1. The predicted octanol–water partition coefficient (Wildman–Crippen LogP) is 4.37. The van der Waals surface area contributed by atoms with E-state index in [1.807, 2.05) is 36.4 Å². The van der Waals surface area contributed by atoms with Gasteiger partial charge in [0.2, 0.25) is 5.83 Å². The summed E-state index contributed by atoms with van der Waals surface area (Å²) in [6, 6.07) is 20.5. The highest BCUT2D eigenvalue weighted by Gasteiger charge is 2.49. The van der Waals surface area contributed by atoms with Gasteiger partial charge in [0.05, 0.1) is 6.61 Å². The van der Waals surface area contributed by atoms with E-state index in [0.717, 1.165) is 0 Å². The van der Waals surface area contributed by atoms with Crippen molar-refractivity contribution in [3.8, 4) is 0 Å². The maximum Gasteiger partial charge on any atom is 0.366 e. The minimum atomic E-state index is -2.63. The van der Waals surface area contributed by atoms with E-state index in [0.29, 0.717) is 13.0 Å². The van der Waals surface area contributed by atoms with Gasteiger partial charge >= 0.3 is 5.97 Å². The van der Waals surface area contributed by atoms with Crippen LogP contribution in [0, 0.1) is 0 Å². The lowest BCUT2D eigenvalue weighted by Crippen LogP contribution is -2.66. The molecule has 2 aromatic carbocycles. The third kappa shape index (κ3) is 4.97. The van der Waals surface area contributed by atoms with Gasteiger partial charge in [-0.15, -0.1) is 0 Å². The molecule has 0 aliphatic heterocycles. The standard InChI is InChI=1S/C23H29FO3Si/c1-5-26-22(25)21(24)17-12-18-27-28(23(2,3)4,19-13-8-6-9-14-19)20-15-10-7-11-16-20/h6-11,13-17H,5,12,18H2,1-4H3/b21-17-. The molecule has 0 N–H and O–H groups in total. The lowest BCUT2D eigenvalue weighted by Gasteiger charge is -2.43. The Kier molecular flexibility index (Phi) is 7.72. The molecule has 0 amide bonds. The molecule has 0 unspecified atom stereocenters. The van der Waals surface area contributed by atoms with Gasteiger partial charge in [-0.1, -0.05) is 81.4 Å². The summed E-state index contributed by atoms with van der Waals surface area (Å²) in [4.78, 5) is 11.4. The van der Waals surface area contributed by atoms with Crippen molar-refractivity contribution in [1.82, 2.24) is 0 Å². The smallest absolute Gasteiger partial charge is 0.366 e. The molecule has 0 saturated heterocycles. The summed E-state index contributed by atoms with van der Waals surface area (Å²) in [6.45, 7) is 8.69. The molecule has 0 saturated carbocycles. The van der Waals surface area contributed by atoms with E-state index in [1.165, 1.54) is 16.4 Å². The average molecular weight is 401 g/mol. The van der Waals surface area contributed by atoms with Gasteiger partial charge in [0.25, 0.3) is 8.32 Å². The van der Waals surface area contributed by atoms with Crippen molar-refractivity contribution in [3.05, 3.63) is 72.6 Å². The monoisotopic (exact) mass is 400 g/mol. The van der Waals surface area contributed by atoms with Crippen LogP contribution in [-0.2, 0) is 14.0 Å². The Balaban J connectivity index is 2.34. The van der Waals surface area contributed by atoms with Gasteiger partial charge in [0.15, 0.2) is 0 Å². The van der Waals surface area contributed by atoms with E-state index >= 15 is 0 Å². The summed E-state index contributed by atoms with van der Waals surface area (Å²) >= 11 is 0. The number of benzene rings is 2. The second kappa shape index (κ2) is 9.80. The first-order valence-electron chi connectivity index (χ1n) is 9.60. The molecule has 0 atom stereocenters. The summed E-state index contributed by atoms with van der Waals surface area (Å²) in [7, 11) is -2.63. The summed E-state index contributed by atoms with van der Waals surface area (Å²) < 4.78 is 25.1. The molecule has 5 heteroatoms. The van der Waals surface area contributed by atoms with E-state index in [9.17, 15) is 9.18 Å². The lowest BCUT2D eigenvalue weighted by atomic mass is 10.2. The Bertz CT molecular complexity index is 743. The molecule has 0 radical (unpaired) electrons. The maximum absolute atomic E-state index is 13.8. The van der Waals surface area contributed by atoms with Crippen molar-refractivity contribution in [2.24, 2.45) is 0 Å². The van der Waals surface area contributed by atoms with Gasteiger partial charge in [0, 0.05) is 6.61 Å². The number of rotatable bonds is 8. The fourth-order valence-electron chi connectivity index (χ4n) is 3.44. The van der Waals surface area contributed by atoms with Gasteiger partial charge < -0.3 is 9.16 Å². The molecule has 0 fully saturated rings. The fraction of sp³-hybridized carbons (Fsp3) is 0.348. The van der Waals surface area contributed by atoms with Crippen molar-refractivity contribution < 1.29 is 18.3 Å². The van der Waals surface area contributed by atoms with Gasteiger partial charge in [-0.25, -0.2) is 4.79 Å². The zero-order chi connectivity index (χ0) is 20.6. The molecular weight excluding hydrogens is 371 g/mol. The van der Waals surface area contributed by atoms with Crippen LogP contribution in [0.25, 0.3) is 0 Å². The minimum Gasteiger partial charge on any atom is -0.461 e. The minimum absolute atomic E-state index is 0.140. The summed E-state index contributed by atoms with van der Waals surface area (Å²) in [5.74, 6) is -1.79. The van der Waals surface area contributed by atoms with Crippen LogP contribution in [0.3, 0.4) is 0 Å². The Morgan fingerprint density at radius 1 is 1.00 bits per heavy atom. The largest absolute Gasteiger partial charge is 0.461 e. The first-order chi connectivity index (χ1) is 13.3. The number of esters is 1. The zero-order valence-corrected chi connectivity index (χ0v) is 18.1. The van der Waals surface area contributed by atoms with E-state index in [2.05, 4.69) is 49.8 Å². The van der Waals surface area contributed by atoms with E-state index in [1.54, 1.807) is 6.92 Å². The van der Waals surface area contributed by atoms with Gasteiger partial charge in [-0.05, 0) is 34.8 Å². The first-order valence-corrected chi connectivity index (χ1v) is 11.5. The molecule has 28 heavy (non-hydrogen) atoms. The van der Waals surface area contributed by atoms with Crippen molar-refractivity contribution >= 4 is 24.7 Å². The molecule has 2 rings (SSSR count). The highest BCUT2D eigenvalue weighted by molar-refractivity contribution is 6.99. The maximum atomic E-state index is 13.8. The zero-order valence-electron chi connectivity index (χ0n) is 17.1. The average Bonchev–Trinajstić information content (AvgIpc) is 2.68. The second-order valence-corrected chi connectivity index (χ2v) is 11.9. The predicted molar refractivity (Wildman–Crippen MR) is 114 cm³/mol. The van der Waals surface area contributed by atoms with Crippen molar-refractivity contribution in [1.29, 1.82) is 0 Å². The van der Waals surface area contributed by atoms with Gasteiger partial charge in [-0.2, -0.15) is 4.39 Å². The van der Waals surface area contributed by atoms with Crippen LogP contribution in [-0.4, -0.2) is 27.5 Å². The molecule has 0 heterocycles. The van der Waals surface area contributed by atoms with Crippen LogP contribution in [0.15, 0.2) is 72.6 Å². The molecule has 0 bridgehead atoms. The van der Waals surface area contributed by atoms with Crippen molar-refractivity contribution in [2.75, 3.05) is 13.2 Å². The molecule has 0 aliphatic rings. The Labute approximate surface area is 168 Å². The highest BCUT2D eigenvalue weighted by atomic mass is 28.4. The number of ether oxygens (including phenoxy) is 1. The molecular formula is C23H29FO3Si. The van der Waals surface area contributed by atoms with Crippen molar-refractivity contribution in [2.45, 2.75) is 39.2 Å². The molecule has 0 aromatic heterocycles. The van der Waals surface area contributed by atoms with E-state index in [4.69, 9.17) is 4.43 Å². The molecule has 150 valence electrons. The van der Waals surface area contributed by atoms with Crippen LogP contribution in [0.4, 0.5) is 4.39 Å². The quantitative estimate of drug-likeness (QED) is 0.286. The molecule has 0 aliphatic carbocycles. The Hall–Kier alpha value is -2.24. The SMILES string of the molecule is CCOC(=O)/C(F)=C/CCO[Si](c1ccccc1)(c1ccccc1)C(C)(C)C. The Morgan fingerprint density at radius 3 is 1.93 bits per heavy atom. The normalized spacial score (nSPS) is 12.7. The topological polar surface area (TPSA) is 35.5 Å². The van der Waals surface area contributed by atoms with E-state index < -0.39 is 20.1 Å². The van der Waals surface area contributed by atoms with Gasteiger partial charge in [-0.3, -0.25) is 0 Å². The summed E-state index contributed by atoms with van der Waals surface area (Å²) in [6.07, 6.45) is 1.55. The van der Waals surface area contributed by atoms with E-state index in [-0.39, 0.29) is 11.6 Å². The van der Waals surface area contributed by atoms with Crippen molar-refractivity contribution in [3.63, 3.8) is 0 Å². The fourth-order valence-corrected chi connectivity index (χ4v) is 8.02. The van der Waals surface area contributed by atoms with Gasteiger partial charge in [0.1, 0.15) is 0 Å².